The van der Waals surface area contributed by atoms with Gasteiger partial charge in [0.25, 0.3) is 0 Å². The van der Waals surface area contributed by atoms with Crippen LogP contribution in [0.3, 0.4) is 0 Å². The molecule has 3 N–H and O–H groups in total. The first kappa shape index (κ1) is 15.4. The molecule has 0 saturated heterocycles. The summed E-state index contributed by atoms with van der Waals surface area (Å²) in [6, 6.07) is 7.96. The normalized spacial score (nSPS) is 20.9. The summed E-state index contributed by atoms with van der Waals surface area (Å²) in [5.41, 5.74) is 1.62. The van der Waals surface area contributed by atoms with E-state index in [9.17, 15) is 9.90 Å². The molecule has 0 saturated carbocycles. The molecule has 1 aromatic rings. The number of carbonyl (C=O) groups excluding carboxylic acids is 1. The van der Waals surface area contributed by atoms with E-state index in [1.807, 2.05) is 18.4 Å². The lowest BCUT2D eigenvalue weighted by Gasteiger charge is -2.27. The molecule has 0 bridgehead atoms. The van der Waals surface area contributed by atoms with Gasteiger partial charge in [0.1, 0.15) is 0 Å². The summed E-state index contributed by atoms with van der Waals surface area (Å²) in [6.45, 7) is 2.75. The van der Waals surface area contributed by atoms with Crippen molar-refractivity contribution < 1.29 is 9.90 Å². The molecule has 20 heavy (non-hydrogen) atoms. The lowest BCUT2D eigenvalue weighted by molar-refractivity contribution is -0.124. The third-order valence-corrected chi connectivity index (χ3v) is 4.41. The molecule has 0 fully saturated rings. The predicted molar refractivity (Wildman–Crippen MR) is 82.8 cm³/mol. The molecule has 2 atom stereocenters. The Morgan fingerprint density at radius 1 is 1.50 bits per heavy atom. The van der Waals surface area contributed by atoms with Crippen molar-refractivity contribution in [3.8, 4) is 0 Å². The number of rotatable bonds is 5. The summed E-state index contributed by atoms with van der Waals surface area (Å²) < 4.78 is 0. The smallest absolute Gasteiger partial charge is 0.237 e. The Kier molecular flexibility index (Phi) is 5.07. The van der Waals surface area contributed by atoms with E-state index in [1.165, 1.54) is 11.1 Å². The first-order valence-corrected chi connectivity index (χ1v) is 8.20. The number of benzene rings is 1. The number of hydrogen-bond acceptors (Lipinski definition) is 4. The van der Waals surface area contributed by atoms with E-state index in [1.54, 1.807) is 18.7 Å². The van der Waals surface area contributed by atoms with E-state index in [0.29, 0.717) is 12.2 Å². The number of thioether (sulfide) groups is 1. The molecule has 4 nitrogen and oxygen atoms in total. The monoisotopic (exact) mass is 294 g/mol. The van der Waals surface area contributed by atoms with Gasteiger partial charge in [0.05, 0.1) is 11.6 Å². The van der Waals surface area contributed by atoms with Gasteiger partial charge in [-0.25, -0.2) is 0 Å². The Labute approximate surface area is 124 Å². The summed E-state index contributed by atoms with van der Waals surface area (Å²) in [6.07, 6.45) is 2.64. The van der Waals surface area contributed by atoms with Gasteiger partial charge in [-0.2, -0.15) is 11.8 Å². The van der Waals surface area contributed by atoms with Crippen molar-refractivity contribution in [2.24, 2.45) is 0 Å². The van der Waals surface area contributed by atoms with Gasteiger partial charge in [-0.15, -0.1) is 0 Å². The minimum absolute atomic E-state index is 0.0409. The molecule has 110 valence electrons. The van der Waals surface area contributed by atoms with Gasteiger partial charge in [0, 0.05) is 18.8 Å². The number of nitrogens with one attached hydrogen (secondary N) is 2. The van der Waals surface area contributed by atoms with Crippen LogP contribution in [0.4, 0.5) is 0 Å². The zero-order chi connectivity index (χ0) is 14.6. The van der Waals surface area contributed by atoms with Gasteiger partial charge in [-0.1, -0.05) is 24.3 Å². The number of hydrogen-bond donors (Lipinski definition) is 3. The van der Waals surface area contributed by atoms with E-state index < -0.39 is 5.60 Å². The highest BCUT2D eigenvalue weighted by molar-refractivity contribution is 7.98. The van der Waals surface area contributed by atoms with E-state index >= 15 is 0 Å². The van der Waals surface area contributed by atoms with Crippen molar-refractivity contribution in [2.45, 2.75) is 31.5 Å². The minimum atomic E-state index is -0.859. The van der Waals surface area contributed by atoms with Crippen molar-refractivity contribution in [3.63, 3.8) is 0 Å². The number of fused-ring (bicyclic) bond motifs is 1. The van der Waals surface area contributed by atoms with Gasteiger partial charge < -0.3 is 15.7 Å². The molecule has 1 heterocycles. The largest absolute Gasteiger partial charge is 0.387 e. The summed E-state index contributed by atoms with van der Waals surface area (Å²) in [7, 11) is 0. The Balaban J connectivity index is 1.89. The van der Waals surface area contributed by atoms with Crippen LogP contribution in [-0.4, -0.2) is 41.2 Å². The Morgan fingerprint density at radius 2 is 2.20 bits per heavy atom. The lowest BCUT2D eigenvalue weighted by atomic mass is 9.95. The van der Waals surface area contributed by atoms with E-state index in [-0.39, 0.29) is 18.5 Å². The maximum atomic E-state index is 12.2. The van der Waals surface area contributed by atoms with Crippen LogP contribution >= 0.6 is 11.8 Å². The zero-order valence-electron chi connectivity index (χ0n) is 12.0. The second-order valence-corrected chi connectivity index (χ2v) is 6.42. The molecular formula is C15H22N2O2S. The third-order valence-electron chi connectivity index (χ3n) is 3.50. The second kappa shape index (κ2) is 6.61. The van der Waals surface area contributed by atoms with Crippen LogP contribution in [-0.2, 0) is 17.8 Å². The van der Waals surface area contributed by atoms with Crippen molar-refractivity contribution in [1.82, 2.24) is 10.6 Å². The van der Waals surface area contributed by atoms with Crippen LogP contribution in [0.25, 0.3) is 0 Å². The Bertz CT molecular complexity index is 477. The molecule has 1 aromatic carbocycles. The van der Waals surface area contributed by atoms with Crippen molar-refractivity contribution in [2.75, 3.05) is 18.6 Å². The molecule has 0 spiro atoms. The lowest BCUT2D eigenvalue weighted by Crippen LogP contribution is -2.51. The summed E-state index contributed by atoms with van der Waals surface area (Å²) in [5.74, 6) is 0.565. The average Bonchev–Trinajstić information content (AvgIpc) is 2.44. The summed E-state index contributed by atoms with van der Waals surface area (Å²) >= 11 is 1.57. The fraction of sp³-hybridized carbons (Fsp3) is 0.533. The highest BCUT2D eigenvalue weighted by Crippen LogP contribution is 2.16. The number of carbonyl (C=O) groups is 1. The van der Waals surface area contributed by atoms with Crippen LogP contribution in [0.5, 0.6) is 0 Å². The van der Waals surface area contributed by atoms with Crippen LogP contribution < -0.4 is 10.6 Å². The van der Waals surface area contributed by atoms with Crippen LogP contribution in [0.2, 0.25) is 0 Å². The molecule has 1 aliphatic heterocycles. The topological polar surface area (TPSA) is 61.4 Å². The molecule has 2 rings (SSSR count). The van der Waals surface area contributed by atoms with E-state index in [2.05, 4.69) is 22.8 Å². The molecule has 1 aliphatic rings. The van der Waals surface area contributed by atoms with Crippen LogP contribution in [0.15, 0.2) is 24.3 Å². The molecule has 5 heteroatoms. The van der Waals surface area contributed by atoms with Gasteiger partial charge in [-0.05, 0) is 30.7 Å². The van der Waals surface area contributed by atoms with E-state index in [4.69, 9.17) is 0 Å². The second-order valence-electron chi connectivity index (χ2n) is 5.55. The molecule has 0 aromatic heterocycles. The minimum Gasteiger partial charge on any atom is -0.387 e. The van der Waals surface area contributed by atoms with Gasteiger partial charge in [0.2, 0.25) is 5.91 Å². The molecule has 0 radical (unpaired) electrons. The third kappa shape index (κ3) is 3.98. The first-order valence-electron chi connectivity index (χ1n) is 6.81. The number of amides is 1. The summed E-state index contributed by atoms with van der Waals surface area (Å²) in [4.78, 5) is 12.2. The fourth-order valence-corrected chi connectivity index (χ4v) is 3.13. The van der Waals surface area contributed by atoms with E-state index in [0.717, 1.165) is 6.54 Å². The van der Waals surface area contributed by atoms with Gasteiger partial charge in [-0.3, -0.25) is 4.79 Å². The van der Waals surface area contributed by atoms with Gasteiger partial charge in [0.15, 0.2) is 0 Å². The average molecular weight is 294 g/mol. The molecular weight excluding hydrogens is 272 g/mol. The maximum absolute atomic E-state index is 12.2. The highest BCUT2D eigenvalue weighted by Gasteiger charge is 2.26. The fourth-order valence-electron chi connectivity index (χ4n) is 2.40. The molecule has 1 amide bonds. The standard InChI is InChI=1S/C15H22N2O2S/c1-15(19,10-20-2)9-17-14(18)13-7-11-5-3-4-6-12(11)8-16-13/h3-6,13,16,19H,7-10H2,1-2H3,(H,17,18). The quantitative estimate of drug-likeness (QED) is 0.756. The first-order chi connectivity index (χ1) is 9.52. The molecule has 0 aliphatic carbocycles. The predicted octanol–water partition coefficient (Wildman–Crippen LogP) is 0.931. The maximum Gasteiger partial charge on any atom is 0.237 e. The Hall–Kier alpha value is -1.04. The van der Waals surface area contributed by atoms with Crippen molar-refractivity contribution in [1.29, 1.82) is 0 Å². The zero-order valence-corrected chi connectivity index (χ0v) is 12.8. The highest BCUT2D eigenvalue weighted by atomic mass is 32.2. The van der Waals surface area contributed by atoms with Crippen molar-refractivity contribution in [3.05, 3.63) is 35.4 Å². The summed E-state index contributed by atoms with van der Waals surface area (Å²) in [5, 5.41) is 16.2. The number of aliphatic hydroxyl groups is 1. The van der Waals surface area contributed by atoms with Crippen LogP contribution in [0, 0.1) is 0 Å². The van der Waals surface area contributed by atoms with Crippen molar-refractivity contribution >= 4 is 17.7 Å². The molecule has 2 unspecified atom stereocenters. The Morgan fingerprint density at radius 3 is 2.90 bits per heavy atom. The van der Waals surface area contributed by atoms with Crippen LogP contribution in [0.1, 0.15) is 18.1 Å². The SMILES string of the molecule is CSCC(C)(O)CNC(=O)C1Cc2ccccc2CN1. The van der Waals surface area contributed by atoms with Gasteiger partial charge >= 0.3 is 0 Å².